The molecule has 142 valence electrons. The summed E-state index contributed by atoms with van der Waals surface area (Å²) in [5, 5.41) is 11.2. The molecule has 1 rings (SSSR count). The Morgan fingerprint density at radius 3 is 2.42 bits per heavy atom. The second kappa shape index (κ2) is 11.1. The van der Waals surface area contributed by atoms with E-state index < -0.39 is 24.5 Å². The van der Waals surface area contributed by atoms with Gasteiger partial charge in [0.15, 0.2) is 12.4 Å². The lowest BCUT2D eigenvalue weighted by atomic mass is 10.0. The van der Waals surface area contributed by atoms with Crippen LogP contribution >= 0.6 is 11.8 Å². The van der Waals surface area contributed by atoms with E-state index in [1.807, 2.05) is 0 Å². The molecule has 0 radical (unpaired) electrons. The third-order valence-electron chi connectivity index (χ3n) is 3.28. The van der Waals surface area contributed by atoms with Gasteiger partial charge in [-0.25, -0.2) is 4.79 Å². The van der Waals surface area contributed by atoms with Crippen molar-refractivity contribution in [1.29, 1.82) is 0 Å². The van der Waals surface area contributed by atoms with E-state index in [0.717, 1.165) is 5.56 Å². The van der Waals surface area contributed by atoms with Crippen molar-refractivity contribution in [3.8, 4) is 5.75 Å². The number of carbonyl (C=O) groups excluding carboxylic acids is 3. The summed E-state index contributed by atoms with van der Waals surface area (Å²) in [6.07, 6.45) is 0.511. The van der Waals surface area contributed by atoms with Crippen molar-refractivity contribution in [2.45, 2.75) is 25.8 Å². The van der Waals surface area contributed by atoms with Gasteiger partial charge < -0.3 is 20.9 Å². The summed E-state index contributed by atoms with van der Waals surface area (Å²) in [4.78, 5) is 44.8. The van der Waals surface area contributed by atoms with Gasteiger partial charge in [0.1, 0.15) is 5.75 Å². The first kappa shape index (κ1) is 21.5. The molecule has 2 amide bonds. The lowest BCUT2D eigenvalue weighted by Gasteiger charge is -2.16. The average molecular weight is 382 g/mol. The number of ketones is 1. The van der Waals surface area contributed by atoms with E-state index in [2.05, 4.69) is 5.32 Å². The van der Waals surface area contributed by atoms with Crippen molar-refractivity contribution < 1.29 is 29.0 Å². The molecule has 1 aromatic carbocycles. The number of nitrogens with one attached hydrogen (secondary N) is 1. The number of rotatable bonds is 12. The van der Waals surface area contributed by atoms with Crippen LogP contribution in [0.1, 0.15) is 18.9 Å². The number of ether oxygens (including phenoxy) is 1. The van der Waals surface area contributed by atoms with E-state index in [4.69, 9.17) is 15.6 Å². The van der Waals surface area contributed by atoms with Gasteiger partial charge in [0.25, 0.3) is 0 Å². The molecule has 0 aliphatic heterocycles. The highest BCUT2D eigenvalue weighted by Gasteiger charge is 2.17. The Kier molecular flexibility index (Phi) is 9.21. The number of thioether (sulfide) groups is 1. The molecule has 0 unspecified atom stereocenters. The fourth-order valence-electron chi connectivity index (χ4n) is 1.97. The molecule has 0 aromatic heterocycles. The number of carboxylic acids is 1. The first-order valence-electron chi connectivity index (χ1n) is 7.87. The van der Waals surface area contributed by atoms with Crippen molar-refractivity contribution in [2.75, 3.05) is 18.1 Å². The molecule has 9 heteroatoms. The minimum Gasteiger partial charge on any atom is -0.482 e. The quantitative estimate of drug-likeness (QED) is 0.444. The van der Waals surface area contributed by atoms with Crippen molar-refractivity contribution in [1.82, 2.24) is 5.32 Å². The molecule has 26 heavy (non-hydrogen) atoms. The average Bonchev–Trinajstić information content (AvgIpc) is 2.57. The van der Waals surface area contributed by atoms with Crippen molar-refractivity contribution in [3.63, 3.8) is 0 Å². The first-order chi connectivity index (χ1) is 12.3. The van der Waals surface area contributed by atoms with Crippen LogP contribution in [0.3, 0.4) is 0 Å². The van der Waals surface area contributed by atoms with Crippen LogP contribution in [0, 0.1) is 0 Å². The number of carboxylic acid groups (broad SMARTS) is 1. The number of Topliss-reactive ketones (excluding diaryl/α,β-unsaturated/α-hetero) is 1. The fraction of sp³-hybridized carbons (Fsp3) is 0.412. The Balaban J connectivity index is 2.51. The van der Waals surface area contributed by atoms with Crippen LogP contribution in [0.25, 0.3) is 0 Å². The molecule has 1 aromatic rings. The Bertz CT molecular complexity index is 647. The van der Waals surface area contributed by atoms with E-state index in [9.17, 15) is 19.2 Å². The van der Waals surface area contributed by atoms with Crippen LogP contribution in [-0.4, -0.2) is 52.8 Å². The first-order valence-corrected chi connectivity index (χ1v) is 9.02. The van der Waals surface area contributed by atoms with Crippen LogP contribution in [0.4, 0.5) is 0 Å². The van der Waals surface area contributed by atoms with Crippen molar-refractivity contribution in [3.05, 3.63) is 29.8 Å². The zero-order chi connectivity index (χ0) is 19.5. The summed E-state index contributed by atoms with van der Waals surface area (Å²) in [5.74, 6) is -0.958. The van der Waals surface area contributed by atoms with Gasteiger partial charge in [0.05, 0.1) is 11.8 Å². The van der Waals surface area contributed by atoms with Gasteiger partial charge in [-0.2, -0.15) is 11.8 Å². The highest BCUT2D eigenvalue weighted by molar-refractivity contribution is 7.99. The molecule has 0 bridgehead atoms. The molecule has 0 aliphatic rings. The number of amides is 2. The zero-order valence-electron chi connectivity index (χ0n) is 14.4. The molecule has 1 atom stereocenters. The number of nitrogens with two attached hydrogens (primary N) is 1. The van der Waals surface area contributed by atoms with Crippen LogP contribution < -0.4 is 15.8 Å². The van der Waals surface area contributed by atoms with E-state index in [-0.39, 0.29) is 23.9 Å². The maximum atomic E-state index is 11.9. The molecule has 0 aliphatic carbocycles. The molecule has 8 nitrogen and oxygen atoms in total. The van der Waals surface area contributed by atoms with Crippen LogP contribution in [-0.2, 0) is 25.6 Å². The van der Waals surface area contributed by atoms with Gasteiger partial charge >= 0.3 is 5.97 Å². The van der Waals surface area contributed by atoms with Crippen LogP contribution in [0.2, 0.25) is 0 Å². The maximum absolute atomic E-state index is 11.9. The Morgan fingerprint density at radius 2 is 1.88 bits per heavy atom. The summed E-state index contributed by atoms with van der Waals surface area (Å²) in [7, 11) is 0. The van der Waals surface area contributed by atoms with E-state index >= 15 is 0 Å². The van der Waals surface area contributed by atoms with E-state index in [1.54, 1.807) is 24.3 Å². The standard InChI is InChI=1S/C17H22N2O6S/c1-11(20)14(19-16(22)10-26-7-6-15(18)21)8-12-2-4-13(5-3-12)25-9-17(23)24/h2-5,14H,6-10H2,1H3,(H2,18,21)(H,19,22)(H,23,24)/t14-/m0/s1. The number of carbonyl (C=O) groups is 4. The van der Waals surface area contributed by atoms with Gasteiger partial charge in [-0.1, -0.05) is 12.1 Å². The lowest BCUT2D eigenvalue weighted by Crippen LogP contribution is -2.42. The summed E-state index contributed by atoms with van der Waals surface area (Å²) in [5.41, 5.74) is 5.83. The minimum atomic E-state index is -1.07. The van der Waals surface area contributed by atoms with Crippen molar-refractivity contribution >= 4 is 35.3 Å². The summed E-state index contributed by atoms with van der Waals surface area (Å²) in [6, 6.07) is 5.97. The smallest absolute Gasteiger partial charge is 0.341 e. The summed E-state index contributed by atoms with van der Waals surface area (Å²) < 4.78 is 5.04. The third-order valence-corrected chi connectivity index (χ3v) is 4.24. The number of primary amides is 1. The molecular formula is C17H22N2O6S. The second-order valence-electron chi connectivity index (χ2n) is 5.53. The fourth-order valence-corrected chi connectivity index (χ4v) is 2.73. The predicted molar refractivity (Wildman–Crippen MR) is 97.0 cm³/mol. The minimum absolute atomic E-state index is 0.138. The second-order valence-corrected chi connectivity index (χ2v) is 6.64. The molecule has 0 saturated carbocycles. The normalized spacial score (nSPS) is 11.4. The topological polar surface area (TPSA) is 136 Å². The zero-order valence-corrected chi connectivity index (χ0v) is 15.2. The number of hydrogen-bond donors (Lipinski definition) is 3. The van der Waals surface area contributed by atoms with Gasteiger partial charge in [-0.3, -0.25) is 14.4 Å². The van der Waals surface area contributed by atoms with Crippen molar-refractivity contribution in [2.24, 2.45) is 5.73 Å². The molecule has 0 heterocycles. The Morgan fingerprint density at radius 1 is 1.23 bits per heavy atom. The van der Waals surface area contributed by atoms with E-state index in [1.165, 1.54) is 18.7 Å². The van der Waals surface area contributed by atoms with Gasteiger partial charge in [-0.15, -0.1) is 0 Å². The predicted octanol–water partition coefficient (Wildman–Crippen LogP) is 0.375. The monoisotopic (exact) mass is 382 g/mol. The Hall–Kier alpha value is -2.55. The van der Waals surface area contributed by atoms with Crippen LogP contribution in [0.15, 0.2) is 24.3 Å². The van der Waals surface area contributed by atoms with Crippen LogP contribution in [0.5, 0.6) is 5.75 Å². The van der Waals surface area contributed by atoms with E-state index in [0.29, 0.717) is 17.9 Å². The Labute approximate surface area is 155 Å². The molecule has 0 spiro atoms. The molecule has 0 fully saturated rings. The molecule has 0 saturated heterocycles. The lowest BCUT2D eigenvalue weighted by molar-refractivity contribution is -0.139. The highest BCUT2D eigenvalue weighted by atomic mass is 32.2. The SMILES string of the molecule is CC(=O)[C@H](Cc1ccc(OCC(=O)O)cc1)NC(=O)CSCCC(N)=O. The molecule has 4 N–H and O–H groups in total. The largest absolute Gasteiger partial charge is 0.482 e. The van der Waals surface area contributed by atoms with Gasteiger partial charge in [0, 0.05) is 12.2 Å². The maximum Gasteiger partial charge on any atom is 0.341 e. The third kappa shape index (κ3) is 9.07. The highest BCUT2D eigenvalue weighted by Crippen LogP contribution is 2.14. The number of aliphatic carboxylic acids is 1. The van der Waals surface area contributed by atoms with Gasteiger partial charge in [-0.05, 0) is 31.0 Å². The number of hydrogen-bond acceptors (Lipinski definition) is 6. The summed E-state index contributed by atoms with van der Waals surface area (Å²) in [6.45, 7) is 0.967. The van der Waals surface area contributed by atoms with Gasteiger partial charge in [0.2, 0.25) is 11.8 Å². The summed E-state index contributed by atoms with van der Waals surface area (Å²) >= 11 is 1.27. The number of benzene rings is 1. The molecular weight excluding hydrogens is 360 g/mol.